The summed E-state index contributed by atoms with van der Waals surface area (Å²) in [4.78, 5) is 33.4. The maximum atomic E-state index is 14.2. The summed E-state index contributed by atoms with van der Waals surface area (Å²) in [5.74, 6) is -4.05. The number of carbonyl (C=O) groups excluding carboxylic acids is 2. The first kappa shape index (κ1) is 28.6. The van der Waals surface area contributed by atoms with E-state index in [9.17, 15) is 28.6 Å². The second kappa shape index (κ2) is 12.2. The largest absolute Gasteiger partial charge is 0.506 e. The molecule has 0 radical (unpaired) electrons. The average molecular weight is 556 g/mol. The number of halogens is 2. The maximum absolute atomic E-state index is 14.2. The Labute approximate surface area is 230 Å². The first-order valence-corrected chi connectivity index (χ1v) is 12.9. The van der Waals surface area contributed by atoms with E-state index in [0.29, 0.717) is 35.6 Å². The van der Waals surface area contributed by atoms with Crippen LogP contribution < -0.4 is 9.47 Å². The van der Waals surface area contributed by atoms with Crippen molar-refractivity contribution in [3.63, 3.8) is 0 Å². The number of pyridine rings is 1. The third-order valence-electron chi connectivity index (χ3n) is 6.92. The molecule has 40 heavy (non-hydrogen) atoms. The number of benzene rings is 2. The summed E-state index contributed by atoms with van der Waals surface area (Å²) in [6.07, 6.45) is 1.96. The third-order valence-corrected chi connectivity index (χ3v) is 6.92. The van der Waals surface area contributed by atoms with Gasteiger partial charge in [-0.3, -0.25) is 9.59 Å². The molecule has 2 aromatic carbocycles. The van der Waals surface area contributed by atoms with Gasteiger partial charge < -0.3 is 29.5 Å². The van der Waals surface area contributed by atoms with Gasteiger partial charge in [-0.2, -0.15) is 0 Å². The van der Waals surface area contributed by atoms with Crippen LogP contribution in [-0.4, -0.2) is 77.2 Å². The highest BCUT2D eigenvalue weighted by Crippen LogP contribution is 2.47. The van der Waals surface area contributed by atoms with Gasteiger partial charge in [0.2, 0.25) is 5.88 Å². The van der Waals surface area contributed by atoms with Crippen molar-refractivity contribution < 1.29 is 38.1 Å². The molecule has 1 saturated heterocycles. The van der Waals surface area contributed by atoms with E-state index in [1.807, 2.05) is 6.92 Å². The predicted molar refractivity (Wildman–Crippen MR) is 143 cm³/mol. The minimum Gasteiger partial charge on any atom is -0.506 e. The lowest BCUT2D eigenvalue weighted by Gasteiger charge is -2.35. The van der Waals surface area contributed by atoms with Crippen molar-refractivity contribution in [3.8, 4) is 34.3 Å². The van der Waals surface area contributed by atoms with Gasteiger partial charge >= 0.3 is 0 Å². The zero-order chi connectivity index (χ0) is 29.0. The van der Waals surface area contributed by atoms with Crippen LogP contribution in [-0.2, 0) is 6.42 Å². The first-order valence-electron chi connectivity index (χ1n) is 12.9. The van der Waals surface area contributed by atoms with Crippen molar-refractivity contribution >= 4 is 11.8 Å². The van der Waals surface area contributed by atoms with E-state index < -0.39 is 40.6 Å². The van der Waals surface area contributed by atoms with Crippen LogP contribution in [0.25, 0.3) is 11.1 Å². The number of hydrogen-bond acceptors (Lipinski definition) is 7. The molecule has 3 aromatic rings. The first-order chi connectivity index (χ1) is 19.2. The van der Waals surface area contributed by atoms with Crippen molar-refractivity contribution in [2.45, 2.75) is 26.2 Å². The lowest BCUT2D eigenvalue weighted by Crippen LogP contribution is -2.50. The molecular formula is C29H31F2N3O6. The summed E-state index contributed by atoms with van der Waals surface area (Å²) in [5.41, 5.74) is 0.213. The molecule has 9 nitrogen and oxygen atoms in total. The summed E-state index contributed by atoms with van der Waals surface area (Å²) in [6, 6.07) is 8.48. The van der Waals surface area contributed by atoms with Crippen LogP contribution in [0, 0.1) is 11.6 Å². The summed E-state index contributed by atoms with van der Waals surface area (Å²) < 4.78 is 38.8. The van der Waals surface area contributed by atoms with E-state index in [4.69, 9.17) is 9.47 Å². The lowest BCUT2D eigenvalue weighted by atomic mass is 9.95. The number of aromatic hydroxyl groups is 2. The van der Waals surface area contributed by atoms with Crippen molar-refractivity contribution in [2.24, 2.45) is 0 Å². The molecule has 0 saturated carbocycles. The number of rotatable bonds is 8. The van der Waals surface area contributed by atoms with E-state index in [0.717, 1.165) is 12.5 Å². The Morgan fingerprint density at radius 3 is 2.05 bits per heavy atom. The van der Waals surface area contributed by atoms with Gasteiger partial charge in [-0.05, 0) is 37.1 Å². The third kappa shape index (κ3) is 5.36. The molecule has 0 unspecified atom stereocenters. The van der Waals surface area contributed by atoms with Gasteiger partial charge in [0.25, 0.3) is 11.8 Å². The van der Waals surface area contributed by atoms with E-state index in [1.54, 1.807) is 18.2 Å². The molecule has 11 heteroatoms. The molecule has 212 valence electrons. The topological polar surface area (TPSA) is 112 Å². The van der Waals surface area contributed by atoms with Crippen molar-refractivity contribution in [1.82, 2.24) is 14.8 Å². The van der Waals surface area contributed by atoms with E-state index >= 15 is 0 Å². The molecule has 2 heterocycles. The SMILES string of the molecule is CCCCc1nc(O)c(C(=O)N2CCN(C(=O)c3cccc(F)c3F)CC2)c(O)c1-c1c(OC)cccc1OC. The minimum atomic E-state index is -1.23. The Morgan fingerprint density at radius 1 is 0.900 bits per heavy atom. The number of amides is 2. The molecular weight excluding hydrogens is 524 g/mol. The van der Waals surface area contributed by atoms with E-state index in [2.05, 4.69) is 4.98 Å². The number of unbranched alkanes of at least 4 members (excludes halogenated alkanes) is 1. The Morgan fingerprint density at radius 2 is 1.48 bits per heavy atom. The van der Waals surface area contributed by atoms with Crippen LogP contribution in [0.4, 0.5) is 8.78 Å². The summed E-state index contributed by atoms with van der Waals surface area (Å²) in [6.45, 7) is 2.14. The van der Waals surface area contributed by atoms with Crippen LogP contribution in [0.1, 0.15) is 46.2 Å². The van der Waals surface area contributed by atoms with Crippen LogP contribution in [0.2, 0.25) is 0 Å². The quantitative estimate of drug-likeness (QED) is 0.424. The second-order valence-electron chi connectivity index (χ2n) is 9.31. The highest BCUT2D eigenvalue weighted by atomic mass is 19.2. The highest BCUT2D eigenvalue weighted by molar-refractivity contribution is 6.02. The van der Waals surface area contributed by atoms with Crippen LogP contribution in [0.15, 0.2) is 36.4 Å². The standard InChI is InChI=1S/C29H31F2N3O6/c1-4-5-10-19-22(23-20(39-2)11-7-12-21(23)40-3)26(35)24(27(36)32-19)29(38)34-15-13-33(14-16-34)28(37)17-8-6-9-18(30)25(17)31/h6-9,11-12H,4-5,10,13-16H2,1-3H3,(H2,32,35,36). The van der Waals surface area contributed by atoms with Crippen LogP contribution in [0.5, 0.6) is 23.1 Å². The molecule has 2 N–H and O–H groups in total. The van der Waals surface area contributed by atoms with Crippen LogP contribution >= 0.6 is 0 Å². The average Bonchev–Trinajstić information content (AvgIpc) is 2.96. The Hall–Kier alpha value is -4.41. The summed E-state index contributed by atoms with van der Waals surface area (Å²) in [7, 11) is 2.94. The lowest BCUT2D eigenvalue weighted by molar-refractivity contribution is 0.0528. The molecule has 4 rings (SSSR count). The number of hydrogen-bond donors (Lipinski definition) is 2. The van der Waals surface area contributed by atoms with Gasteiger partial charge in [-0.1, -0.05) is 25.5 Å². The Balaban J connectivity index is 1.67. The number of piperazine rings is 1. The monoisotopic (exact) mass is 555 g/mol. The predicted octanol–water partition coefficient (Wildman–Crippen LogP) is 4.40. The van der Waals surface area contributed by atoms with Crippen molar-refractivity contribution in [2.75, 3.05) is 40.4 Å². The smallest absolute Gasteiger partial charge is 0.263 e. The fourth-order valence-electron chi connectivity index (χ4n) is 4.80. The molecule has 1 aromatic heterocycles. The van der Waals surface area contributed by atoms with Gasteiger partial charge in [0.05, 0.1) is 36.6 Å². The zero-order valence-electron chi connectivity index (χ0n) is 22.5. The number of aryl methyl sites for hydroxylation is 1. The van der Waals surface area contributed by atoms with Gasteiger partial charge in [-0.15, -0.1) is 0 Å². The normalized spacial score (nSPS) is 13.3. The number of aromatic nitrogens is 1. The fraction of sp³-hybridized carbons (Fsp3) is 0.345. The van der Waals surface area contributed by atoms with Gasteiger partial charge in [0.1, 0.15) is 22.8 Å². The molecule has 0 aliphatic carbocycles. The highest BCUT2D eigenvalue weighted by Gasteiger charge is 2.33. The summed E-state index contributed by atoms with van der Waals surface area (Å²) in [5, 5.41) is 22.3. The maximum Gasteiger partial charge on any atom is 0.263 e. The molecule has 1 aliphatic heterocycles. The van der Waals surface area contributed by atoms with E-state index in [1.165, 1.54) is 36.2 Å². The zero-order valence-corrected chi connectivity index (χ0v) is 22.5. The summed E-state index contributed by atoms with van der Waals surface area (Å²) >= 11 is 0. The molecule has 0 atom stereocenters. The number of carbonyl (C=O) groups is 2. The number of methoxy groups -OCH3 is 2. The second-order valence-corrected chi connectivity index (χ2v) is 9.31. The van der Waals surface area contributed by atoms with Crippen LogP contribution in [0.3, 0.4) is 0 Å². The van der Waals surface area contributed by atoms with E-state index in [-0.39, 0.29) is 37.3 Å². The minimum absolute atomic E-state index is 0.0330. The molecule has 1 fully saturated rings. The van der Waals surface area contributed by atoms with Crippen molar-refractivity contribution in [1.29, 1.82) is 0 Å². The van der Waals surface area contributed by atoms with Gasteiger partial charge in [0.15, 0.2) is 11.6 Å². The number of nitrogens with zero attached hydrogens (tertiary/aromatic N) is 3. The van der Waals surface area contributed by atoms with Gasteiger partial charge in [0, 0.05) is 26.2 Å². The molecule has 1 aliphatic rings. The molecule has 0 spiro atoms. The Kier molecular flexibility index (Phi) is 8.71. The van der Waals surface area contributed by atoms with Gasteiger partial charge in [-0.25, -0.2) is 13.8 Å². The Bertz CT molecular complexity index is 1400. The fourth-order valence-corrected chi connectivity index (χ4v) is 4.80. The number of ether oxygens (including phenoxy) is 2. The molecule has 0 bridgehead atoms. The van der Waals surface area contributed by atoms with Crippen molar-refractivity contribution in [3.05, 3.63) is 64.9 Å². The molecule has 2 amide bonds.